The summed E-state index contributed by atoms with van der Waals surface area (Å²) in [5.41, 5.74) is 0. The van der Waals surface area contributed by atoms with Crippen molar-refractivity contribution in [3.63, 3.8) is 0 Å². The highest BCUT2D eigenvalue weighted by molar-refractivity contribution is 14.1. The second-order valence-electron chi connectivity index (χ2n) is 2.18. The minimum absolute atomic E-state index is 0.252. The maximum atomic E-state index is 9.18. The van der Waals surface area contributed by atoms with Crippen molar-refractivity contribution in [2.75, 3.05) is 6.61 Å². The summed E-state index contributed by atoms with van der Waals surface area (Å²) in [5, 5.41) is 26.7. The van der Waals surface area contributed by atoms with Crippen molar-refractivity contribution in [1.29, 1.82) is 0 Å². The SMILES string of the molecule is OCC1OC(O)C(I)C1O. The molecule has 0 aromatic carbocycles. The van der Waals surface area contributed by atoms with Gasteiger partial charge >= 0.3 is 0 Å². The molecule has 0 saturated carbocycles. The lowest BCUT2D eigenvalue weighted by molar-refractivity contribution is -0.105. The van der Waals surface area contributed by atoms with Crippen LogP contribution in [0.15, 0.2) is 0 Å². The normalized spacial score (nSPS) is 48.0. The molecule has 0 radical (unpaired) electrons. The van der Waals surface area contributed by atoms with Gasteiger partial charge < -0.3 is 20.1 Å². The molecule has 0 spiro atoms. The summed E-state index contributed by atoms with van der Waals surface area (Å²) in [6.45, 7) is -0.252. The van der Waals surface area contributed by atoms with E-state index in [1.807, 2.05) is 22.6 Å². The molecular formula is C5H9IO4. The Hall–Kier alpha value is 0.570. The minimum Gasteiger partial charge on any atom is -0.394 e. The first-order valence-corrected chi connectivity index (χ1v) is 4.18. The maximum absolute atomic E-state index is 9.18. The zero-order chi connectivity index (χ0) is 7.72. The summed E-state index contributed by atoms with van der Waals surface area (Å²) < 4.78 is 4.44. The number of halogens is 1. The first kappa shape index (κ1) is 8.66. The van der Waals surface area contributed by atoms with Gasteiger partial charge in [0.25, 0.3) is 0 Å². The van der Waals surface area contributed by atoms with Gasteiger partial charge in [0, 0.05) is 0 Å². The molecule has 4 atom stereocenters. The minimum atomic E-state index is -0.951. The molecule has 0 bridgehead atoms. The highest BCUT2D eigenvalue weighted by Crippen LogP contribution is 2.25. The van der Waals surface area contributed by atoms with Gasteiger partial charge in [-0.15, -0.1) is 0 Å². The molecule has 1 rings (SSSR count). The maximum Gasteiger partial charge on any atom is 0.169 e. The zero-order valence-electron chi connectivity index (χ0n) is 5.14. The van der Waals surface area contributed by atoms with Crippen molar-refractivity contribution >= 4 is 22.6 Å². The van der Waals surface area contributed by atoms with E-state index in [4.69, 9.17) is 14.9 Å². The summed E-state index contributed by atoms with van der Waals surface area (Å²) in [6.07, 6.45) is -2.34. The topological polar surface area (TPSA) is 69.9 Å². The molecule has 1 fully saturated rings. The summed E-state index contributed by atoms with van der Waals surface area (Å²) in [7, 11) is 0. The summed E-state index contributed by atoms with van der Waals surface area (Å²) in [5.74, 6) is 0. The van der Waals surface area contributed by atoms with E-state index in [9.17, 15) is 5.11 Å². The molecule has 1 aliphatic heterocycles. The van der Waals surface area contributed by atoms with E-state index in [0.29, 0.717) is 0 Å². The molecule has 1 aliphatic rings. The lowest BCUT2D eigenvalue weighted by atomic mass is 10.2. The quantitative estimate of drug-likeness (QED) is 0.412. The Morgan fingerprint density at radius 2 is 2.00 bits per heavy atom. The van der Waals surface area contributed by atoms with E-state index in [1.165, 1.54) is 0 Å². The zero-order valence-corrected chi connectivity index (χ0v) is 7.30. The van der Waals surface area contributed by atoms with Crippen LogP contribution in [-0.2, 0) is 4.74 Å². The van der Waals surface area contributed by atoms with Crippen molar-refractivity contribution in [1.82, 2.24) is 0 Å². The smallest absolute Gasteiger partial charge is 0.169 e. The summed E-state index contributed by atoms with van der Waals surface area (Å²) in [4.78, 5) is 0. The van der Waals surface area contributed by atoms with Gasteiger partial charge in [0.15, 0.2) is 6.29 Å². The van der Waals surface area contributed by atoms with Crippen LogP contribution in [0.4, 0.5) is 0 Å². The standard InChI is InChI=1S/C5H9IO4/c6-3-4(8)2(1-7)10-5(3)9/h2-5,7-9H,1H2. The van der Waals surface area contributed by atoms with Gasteiger partial charge in [-0.1, -0.05) is 22.6 Å². The van der Waals surface area contributed by atoms with E-state index in [2.05, 4.69) is 0 Å². The number of alkyl halides is 1. The van der Waals surface area contributed by atoms with Crippen LogP contribution in [0.5, 0.6) is 0 Å². The van der Waals surface area contributed by atoms with E-state index in [0.717, 1.165) is 0 Å². The van der Waals surface area contributed by atoms with Crippen molar-refractivity contribution in [2.45, 2.75) is 22.4 Å². The molecule has 1 saturated heterocycles. The van der Waals surface area contributed by atoms with Gasteiger partial charge in [-0.3, -0.25) is 0 Å². The number of ether oxygens (including phenoxy) is 1. The number of aliphatic hydroxyl groups excluding tert-OH is 3. The molecule has 0 aliphatic carbocycles. The van der Waals surface area contributed by atoms with Crippen LogP contribution < -0.4 is 0 Å². The second kappa shape index (κ2) is 3.31. The molecule has 5 heteroatoms. The van der Waals surface area contributed by atoms with E-state index < -0.39 is 18.5 Å². The fraction of sp³-hybridized carbons (Fsp3) is 1.00. The summed E-state index contributed by atoms with van der Waals surface area (Å²) in [6, 6.07) is 0. The Labute approximate surface area is 72.0 Å². The molecule has 4 unspecified atom stereocenters. The van der Waals surface area contributed by atoms with Crippen LogP contribution in [-0.4, -0.2) is 44.3 Å². The van der Waals surface area contributed by atoms with Crippen molar-refractivity contribution in [2.24, 2.45) is 0 Å². The van der Waals surface area contributed by atoms with Crippen LogP contribution in [0.1, 0.15) is 0 Å². The van der Waals surface area contributed by atoms with Crippen molar-refractivity contribution in [3.05, 3.63) is 0 Å². The molecule has 1 heterocycles. The summed E-state index contributed by atoms with van der Waals surface area (Å²) >= 11 is 1.89. The predicted molar refractivity (Wildman–Crippen MR) is 41.8 cm³/mol. The number of aliphatic hydroxyl groups is 3. The van der Waals surface area contributed by atoms with Crippen molar-refractivity contribution in [3.8, 4) is 0 Å². The Morgan fingerprint density at radius 1 is 1.40 bits per heavy atom. The van der Waals surface area contributed by atoms with E-state index >= 15 is 0 Å². The molecule has 0 aromatic heterocycles. The molecule has 0 aromatic rings. The van der Waals surface area contributed by atoms with Gasteiger partial charge in [0.05, 0.1) is 16.6 Å². The average Bonchev–Trinajstić information content (AvgIpc) is 2.17. The largest absolute Gasteiger partial charge is 0.394 e. The first-order chi connectivity index (χ1) is 4.66. The Balaban J connectivity index is 2.53. The molecular weight excluding hydrogens is 251 g/mol. The third-order valence-electron chi connectivity index (χ3n) is 1.47. The third kappa shape index (κ3) is 1.42. The number of hydrogen-bond acceptors (Lipinski definition) is 4. The fourth-order valence-corrected chi connectivity index (χ4v) is 1.49. The average molecular weight is 260 g/mol. The predicted octanol–water partition coefficient (Wildman–Crippen LogP) is -1.14. The molecule has 10 heavy (non-hydrogen) atoms. The van der Waals surface area contributed by atoms with Crippen LogP contribution in [0.3, 0.4) is 0 Å². The molecule has 0 amide bonds. The Kier molecular flexibility index (Phi) is 2.87. The van der Waals surface area contributed by atoms with Crippen LogP contribution in [0.25, 0.3) is 0 Å². The molecule has 60 valence electrons. The Morgan fingerprint density at radius 3 is 2.20 bits per heavy atom. The monoisotopic (exact) mass is 260 g/mol. The number of rotatable bonds is 1. The highest BCUT2D eigenvalue weighted by Gasteiger charge is 2.40. The van der Waals surface area contributed by atoms with Crippen molar-refractivity contribution < 1.29 is 20.1 Å². The number of hydrogen-bond donors (Lipinski definition) is 3. The van der Waals surface area contributed by atoms with Gasteiger partial charge in [-0.05, 0) is 0 Å². The van der Waals surface area contributed by atoms with Crippen LogP contribution >= 0.6 is 22.6 Å². The fourth-order valence-electron chi connectivity index (χ4n) is 0.859. The van der Waals surface area contributed by atoms with Gasteiger partial charge in [0.1, 0.15) is 6.10 Å². The van der Waals surface area contributed by atoms with Gasteiger partial charge in [0.2, 0.25) is 0 Å². The lowest BCUT2D eigenvalue weighted by Crippen LogP contribution is -2.29. The Bertz CT molecular complexity index is 120. The van der Waals surface area contributed by atoms with Crippen LogP contribution in [0.2, 0.25) is 0 Å². The van der Waals surface area contributed by atoms with E-state index in [-0.39, 0.29) is 10.5 Å². The van der Waals surface area contributed by atoms with Crippen LogP contribution in [0, 0.1) is 0 Å². The van der Waals surface area contributed by atoms with Gasteiger partial charge in [-0.2, -0.15) is 0 Å². The first-order valence-electron chi connectivity index (χ1n) is 2.93. The second-order valence-corrected chi connectivity index (χ2v) is 3.62. The molecule has 4 nitrogen and oxygen atoms in total. The van der Waals surface area contributed by atoms with Gasteiger partial charge in [-0.25, -0.2) is 0 Å². The highest BCUT2D eigenvalue weighted by atomic mass is 127. The molecule has 3 N–H and O–H groups in total. The lowest BCUT2D eigenvalue weighted by Gasteiger charge is -2.09. The third-order valence-corrected chi connectivity index (χ3v) is 2.83. The van der Waals surface area contributed by atoms with E-state index in [1.54, 1.807) is 0 Å².